The summed E-state index contributed by atoms with van der Waals surface area (Å²) < 4.78 is 4.69. The SMILES string of the molecule is CCCNc1nc(NCCOC(N)=O)c2ccccc2n1. The number of para-hydroxylation sites is 1. The van der Waals surface area contributed by atoms with Gasteiger partial charge in [0.15, 0.2) is 0 Å². The Balaban J connectivity index is 2.16. The summed E-state index contributed by atoms with van der Waals surface area (Å²) in [5, 5.41) is 7.22. The topological polar surface area (TPSA) is 102 Å². The van der Waals surface area contributed by atoms with Gasteiger partial charge >= 0.3 is 6.09 Å². The Kier molecular flexibility index (Phi) is 5.14. The average Bonchev–Trinajstić information content (AvgIpc) is 2.49. The Morgan fingerprint density at radius 3 is 2.81 bits per heavy atom. The van der Waals surface area contributed by atoms with Crippen molar-refractivity contribution in [3.63, 3.8) is 0 Å². The molecule has 0 saturated heterocycles. The minimum atomic E-state index is -0.783. The number of rotatable bonds is 7. The number of nitrogens with zero attached hydrogens (tertiary/aromatic N) is 2. The lowest BCUT2D eigenvalue weighted by atomic mass is 10.2. The third-order valence-electron chi connectivity index (χ3n) is 2.78. The van der Waals surface area contributed by atoms with Gasteiger partial charge < -0.3 is 21.1 Å². The van der Waals surface area contributed by atoms with Crippen LogP contribution in [-0.4, -0.2) is 35.8 Å². The molecule has 2 aromatic rings. The first-order chi connectivity index (χ1) is 10.2. The molecule has 0 aliphatic carbocycles. The molecule has 0 unspecified atom stereocenters. The number of hydrogen-bond donors (Lipinski definition) is 3. The van der Waals surface area contributed by atoms with Crippen molar-refractivity contribution < 1.29 is 9.53 Å². The van der Waals surface area contributed by atoms with Gasteiger partial charge in [0.05, 0.1) is 12.1 Å². The number of fused-ring (bicyclic) bond motifs is 1. The molecule has 1 amide bonds. The zero-order valence-electron chi connectivity index (χ0n) is 11.9. The van der Waals surface area contributed by atoms with E-state index in [-0.39, 0.29) is 6.61 Å². The molecule has 0 fully saturated rings. The van der Waals surface area contributed by atoms with Crippen LogP contribution >= 0.6 is 0 Å². The predicted molar refractivity (Wildman–Crippen MR) is 82.3 cm³/mol. The molecule has 0 atom stereocenters. The molecule has 0 aliphatic heterocycles. The van der Waals surface area contributed by atoms with Crippen LogP contribution in [0.3, 0.4) is 0 Å². The first-order valence-corrected chi connectivity index (χ1v) is 6.87. The summed E-state index contributed by atoms with van der Waals surface area (Å²) in [7, 11) is 0. The Hall–Kier alpha value is -2.57. The van der Waals surface area contributed by atoms with Crippen LogP contribution in [0, 0.1) is 0 Å². The second-order valence-electron chi connectivity index (χ2n) is 4.43. The maximum atomic E-state index is 10.5. The van der Waals surface area contributed by atoms with Crippen LogP contribution in [0.25, 0.3) is 10.9 Å². The molecule has 0 bridgehead atoms. The monoisotopic (exact) mass is 289 g/mol. The quantitative estimate of drug-likeness (QED) is 0.673. The van der Waals surface area contributed by atoms with Gasteiger partial charge in [0.25, 0.3) is 0 Å². The zero-order valence-corrected chi connectivity index (χ0v) is 11.9. The average molecular weight is 289 g/mol. The van der Waals surface area contributed by atoms with Gasteiger partial charge in [-0.15, -0.1) is 0 Å². The summed E-state index contributed by atoms with van der Waals surface area (Å²) >= 11 is 0. The van der Waals surface area contributed by atoms with Crippen LogP contribution in [0.1, 0.15) is 13.3 Å². The van der Waals surface area contributed by atoms with Crippen molar-refractivity contribution in [2.75, 3.05) is 30.3 Å². The summed E-state index contributed by atoms with van der Waals surface area (Å²) in [5.74, 6) is 1.28. The minimum Gasteiger partial charge on any atom is -0.448 e. The number of aromatic nitrogens is 2. The van der Waals surface area contributed by atoms with E-state index in [1.807, 2.05) is 24.3 Å². The van der Waals surface area contributed by atoms with Crippen LogP contribution < -0.4 is 16.4 Å². The van der Waals surface area contributed by atoms with Gasteiger partial charge in [0.2, 0.25) is 5.95 Å². The van der Waals surface area contributed by atoms with Crippen molar-refractivity contribution in [2.45, 2.75) is 13.3 Å². The first kappa shape index (κ1) is 14.8. The number of amides is 1. The molecule has 2 rings (SSSR count). The van der Waals surface area contributed by atoms with Crippen molar-refractivity contribution >= 4 is 28.8 Å². The van der Waals surface area contributed by atoms with E-state index in [0.29, 0.717) is 18.3 Å². The molecule has 0 saturated carbocycles. The molecule has 1 heterocycles. The van der Waals surface area contributed by atoms with E-state index in [2.05, 4.69) is 32.3 Å². The van der Waals surface area contributed by atoms with Crippen LogP contribution in [0.15, 0.2) is 24.3 Å². The smallest absolute Gasteiger partial charge is 0.404 e. The molecule has 0 aliphatic rings. The number of carbonyl (C=O) groups is 1. The standard InChI is InChI=1S/C14H19N5O2/c1-2-7-17-14-18-11-6-4-3-5-10(11)12(19-14)16-8-9-21-13(15)20/h3-6H,2,7-9H2,1H3,(H2,15,20)(H2,16,17,18,19). The fourth-order valence-corrected chi connectivity index (χ4v) is 1.85. The van der Waals surface area contributed by atoms with Gasteiger partial charge in [-0.1, -0.05) is 19.1 Å². The molecule has 4 N–H and O–H groups in total. The maximum Gasteiger partial charge on any atom is 0.404 e. The van der Waals surface area contributed by atoms with Gasteiger partial charge in [-0.05, 0) is 18.6 Å². The van der Waals surface area contributed by atoms with Crippen molar-refractivity contribution in [3.8, 4) is 0 Å². The molecule has 7 nitrogen and oxygen atoms in total. The van der Waals surface area contributed by atoms with E-state index in [9.17, 15) is 4.79 Å². The third-order valence-corrected chi connectivity index (χ3v) is 2.78. The number of nitrogens with one attached hydrogen (secondary N) is 2. The number of anilines is 2. The van der Waals surface area contributed by atoms with E-state index >= 15 is 0 Å². The highest BCUT2D eigenvalue weighted by Gasteiger charge is 2.06. The summed E-state index contributed by atoms with van der Waals surface area (Å²) in [6.45, 7) is 3.50. The molecule has 1 aromatic carbocycles. The fraction of sp³-hybridized carbons (Fsp3) is 0.357. The Labute approximate surface area is 122 Å². The number of primary amides is 1. The highest BCUT2D eigenvalue weighted by atomic mass is 16.5. The number of ether oxygens (including phenoxy) is 1. The van der Waals surface area contributed by atoms with Crippen LogP contribution in [0.5, 0.6) is 0 Å². The maximum absolute atomic E-state index is 10.5. The summed E-state index contributed by atoms with van der Waals surface area (Å²) in [6.07, 6.45) is 0.209. The molecule has 7 heteroatoms. The van der Waals surface area contributed by atoms with Crippen molar-refractivity contribution in [2.24, 2.45) is 5.73 Å². The second-order valence-corrected chi connectivity index (χ2v) is 4.43. The minimum absolute atomic E-state index is 0.186. The normalized spacial score (nSPS) is 10.3. The van der Waals surface area contributed by atoms with Gasteiger partial charge in [-0.25, -0.2) is 9.78 Å². The fourth-order valence-electron chi connectivity index (χ4n) is 1.85. The lowest BCUT2D eigenvalue weighted by Crippen LogP contribution is -2.19. The Morgan fingerprint density at radius 2 is 2.05 bits per heavy atom. The van der Waals surface area contributed by atoms with Gasteiger partial charge in [0.1, 0.15) is 12.4 Å². The van der Waals surface area contributed by atoms with Crippen LogP contribution in [0.2, 0.25) is 0 Å². The molecule has 1 aromatic heterocycles. The highest BCUT2D eigenvalue weighted by Crippen LogP contribution is 2.21. The molecular weight excluding hydrogens is 270 g/mol. The lowest BCUT2D eigenvalue weighted by molar-refractivity contribution is 0.161. The van der Waals surface area contributed by atoms with E-state index in [1.54, 1.807) is 0 Å². The summed E-state index contributed by atoms with van der Waals surface area (Å²) in [4.78, 5) is 19.4. The number of carbonyl (C=O) groups excluding carboxylic acids is 1. The second kappa shape index (κ2) is 7.28. The first-order valence-electron chi connectivity index (χ1n) is 6.87. The summed E-state index contributed by atoms with van der Waals surface area (Å²) in [5.41, 5.74) is 5.77. The lowest BCUT2D eigenvalue weighted by Gasteiger charge is -2.11. The predicted octanol–water partition coefficient (Wildman–Crippen LogP) is 1.96. The van der Waals surface area contributed by atoms with Gasteiger partial charge in [-0.2, -0.15) is 4.98 Å². The van der Waals surface area contributed by atoms with Gasteiger partial charge in [-0.3, -0.25) is 0 Å². The Morgan fingerprint density at radius 1 is 1.24 bits per heavy atom. The number of benzene rings is 1. The molecular formula is C14H19N5O2. The van der Waals surface area contributed by atoms with Crippen LogP contribution in [0.4, 0.5) is 16.6 Å². The molecule has 0 radical (unpaired) electrons. The van der Waals surface area contributed by atoms with E-state index in [1.165, 1.54) is 0 Å². The summed E-state index contributed by atoms with van der Waals surface area (Å²) in [6, 6.07) is 7.73. The Bertz CT molecular complexity index is 617. The number of nitrogens with two attached hydrogens (primary N) is 1. The molecule has 112 valence electrons. The third kappa shape index (κ3) is 4.20. The zero-order chi connectivity index (χ0) is 15.1. The van der Waals surface area contributed by atoms with Crippen molar-refractivity contribution in [1.29, 1.82) is 0 Å². The molecule has 0 spiro atoms. The van der Waals surface area contributed by atoms with Crippen LogP contribution in [-0.2, 0) is 4.74 Å². The van der Waals surface area contributed by atoms with E-state index in [0.717, 1.165) is 23.9 Å². The molecule has 21 heavy (non-hydrogen) atoms. The van der Waals surface area contributed by atoms with Gasteiger partial charge in [0, 0.05) is 11.9 Å². The van der Waals surface area contributed by atoms with E-state index in [4.69, 9.17) is 5.73 Å². The van der Waals surface area contributed by atoms with Crippen molar-refractivity contribution in [1.82, 2.24) is 9.97 Å². The van der Waals surface area contributed by atoms with E-state index < -0.39 is 6.09 Å². The largest absolute Gasteiger partial charge is 0.448 e. The highest BCUT2D eigenvalue weighted by molar-refractivity contribution is 5.90. The van der Waals surface area contributed by atoms with Crippen molar-refractivity contribution in [3.05, 3.63) is 24.3 Å². The number of hydrogen-bond acceptors (Lipinski definition) is 6.